The lowest BCUT2D eigenvalue weighted by Crippen LogP contribution is -2.33. The Morgan fingerprint density at radius 3 is 2.34 bits per heavy atom. The van der Waals surface area contributed by atoms with Crippen LogP contribution in [0.15, 0.2) is 103 Å². The van der Waals surface area contributed by atoms with Crippen LogP contribution in [0.25, 0.3) is 0 Å². The number of para-hydroxylation sites is 3. The van der Waals surface area contributed by atoms with Crippen molar-refractivity contribution in [3.8, 4) is 5.75 Å². The Balaban J connectivity index is 1.38. The molecule has 4 aromatic rings. The Morgan fingerprint density at radius 2 is 1.63 bits per heavy atom. The molecule has 4 aromatic carbocycles. The number of carbonyl (C=O) groups excluding carboxylic acids is 2. The summed E-state index contributed by atoms with van der Waals surface area (Å²) in [6.45, 7) is 0.529. The summed E-state index contributed by atoms with van der Waals surface area (Å²) in [4.78, 5) is 30.1. The van der Waals surface area contributed by atoms with Gasteiger partial charge < -0.3 is 9.64 Å². The van der Waals surface area contributed by atoms with Crippen molar-refractivity contribution < 1.29 is 14.3 Å². The Kier molecular flexibility index (Phi) is 8.01. The number of ether oxygens (including phenoxy) is 1. The van der Waals surface area contributed by atoms with E-state index < -0.39 is 0 Å². The van der Waals surface area contributed by atoms with Crippen LogP contribution in [0.2, 0.25) is 5.02 Å². The number of hydrogen-bond donors (Lipinski definition) is 0. The number of thioether (sulfide) groups is 1. The second kappa shape index (κ2) is 11.8. The van der Waals surface area contributed by atoms with Crippen molar-refractivity contribution in [1.29, 1.82) is 0 Å². The molecule has 0 bridgehead atoms. The maximum atomic E-state index is 13.7. The molecule has 5 rings (SSSR count). The molecule has 38 heavy (non-hydrogen) atoms. The van der Waals surface area contributed by atoms with Gasteiger partial charge in [-0.25, -0.2) is 0 Å². The quantitative estimate of drug-likeness (QED) is 0.240. The highest BCUT2D eigenvalue weighted by molar-refractivity contribution is 8.00. The molecule has 0 aromatic heterocycles. The van der Waals surface area contributed by atoms with Gasteiger partial charge in [0.05, 0.1) is 18.6 Å². The number of nitrogens with zero attached hydrogens (tertiary/aromatic N) is 2. The number of halogens is 1. The lowest BCUT2D eigenvalue weighted by atomic mass is 10.1. The van der Waals surface area contributed by atoms with Gasteiger partial charge in [0, 0.05) is 22.8 Å². The van der Waals surface area contributed by atoms with Gasteiger partial charge in [0.1, 0.15) is 11.1 Å². The van der Waals surface area contributed by atoms with E-state index in [0.29, 0.717) is 35.1 Å². The molecule has 1 unspecified atom stereocenters. The molecule has 0 saturated carbocycles. The summed E-state index contributed by atoms with van der Waals surface area (Å²) in [5, 5.41) is 0.495. The van der Waals surface area contributed by atoms with E-state index in [1.807, 2.05) is 103 Å². The molecule has 0 aliphatic carbocycles. The third kappa shape index (κ3) is 5.57. The average Bonchev–Trinajstić information content (AvgIpc) is 3.35. The zero-order valence-electron chi connectivity index (χ0n) is 20.9. The lowest BCUT2D eigenvalue weighted by Gasteiger charge is -2.26. The van der Waals surface area contributed by atoms with E-state index in [4.69, 9.17) is 16.3 Å². The summed E-state index contributed by atoms with van der Waals surface area (Å²) in [6, 6.07) is 32.5. The Labute approximate surface area is 232 Å². The normalized spacial score (nSPS) is 14.9. The fourth-order valence-corrected chi connectivity index (χ4v) is 5.85. The zero-order chi connectivity index (χ0) is 26.5. The first-order chi connectivity index (χ1) is 18.5. The minimum atomic E-state index is -0.196. The van der Waals surface area contributed by atoms with E-state index in [2.05, 4.69) is 0 Å². The van der Waals surface area contributed by atoms with Gasteiger partial charge in [-0.05, 0) is 66.1 Å². The highest BCUT2D eigenvalue weighted by Crippen LogP contribution is 2.44. The minimum absolute atomic E-state index is 0.0297. The fraction of sp³-hybridized carbons (Fsp3) is 0.161. The van der Waals surface area contributed by atoms with Gasteiger partial charge in [-0.2, -0.15) is 0 Å². The van der Waals surface area contributed by atoms with Crippen LogP contribution in [0.1, 0.15) is 26.9 Å². The summed E-state index contributed by atoms with van der Waals surface area (Å²) in [7, 11) is 1.60. The highest BCUT2D eigenvalue weighted by Gasteiger charge is 2.35. The topological polar surface area (TPSA) is 49.9 Å². The molecule has 0 N–H and O–H groups in total. The second-order valence-corrected chi connectivity index (χ2v) is 10.4. The van der Waals surface area contributed by atoms with Crippen LogP contribution in [0.4, 0.5) is 11.4 Å². The molecule has 192 valence electrons. The van der Waals surface area contributed by atoms with Gasteiger partial charge in [0.2, 0.25) is 5.91 Å². The molecule has 1 aliphatic rings. The summed E-state index contributed by atoms with van der Waals surface area (Å²) in [5.41, 5.74) is 4.24. The molecule has 7 heteroatoms. The van der Waals surface area contributed by atoms with E-state index >= 15 is 0 Å². The smallest absolute Gasteiger partial charge is 0.258 e. The molecule has 2 amide bonds. The molecule has 0 radical (unpaired) electrons. The van der Waals surface area contributed by atoms with E-state index in [-0.39, 0.29) is 17.2 Å². The highest BCUT2D eigenvalue weighted by atomic mass is 35.5. The molecule has 5 nitrogen and oxygen atoms in total. The third-order valence-electron chi connectivity index (χ3n) is 6.51. The number of anilines is 2. The van der Waals surface area contributed by atoms with Crippen molar-refractivity contribution in [2.45, 2.75) is 11.8 Å². The molecule has 0 spiro atoms. The van der Waals surface area contributed by atoms with Crippen LogP contribution in [-0.4, -0.2) is 31.2 Å². The summed E-state index contributed by atoms with van der Waals surface area (Å²) in [6.07, 6.45) is 0.699. The van der Waals surface area contributed by atoms with Crippen LogP contribution in [-0.2, 0) is 11.2 Å². The molecule has 1 aliphatic heterocycles. The Bertz CT molecular complexity index is 1410. The maximum Gasteiger partial charge on any atom is 0.258 e. The van der Waals surface area contributed by atoms with E-state index in [1.54, 1.807) is 28.7 Å². The van der Waals surface area contributed by atoms with Gasteiger partial charge >= 0.3 is 0 Å². The van der Waals surface area contributed by atoms with Crippen molar-refractivity contribution in [3.63, 3.8) is 0 Å². The van der Waals surface area contributed by atoms with Gasteiger partial charge in [-0.1, -0.05) is 66.2 Å². The van der Waals surface area contributed by atoms with Crippen LogP contribution >= 0.6 is 23.4 Å². The lowest BCUT2D eigenvalue weighted by molar-refractivity contribution is -0.115. The number of hydrogen-bond acceptors (Lipinski definition) is 4. The first-order valence-electron chi connectivity index (χ1n) is 12.3. The molecule has 1 fully saturated rings. The van der Waals surface area contributed by atoms with Crippen molar-refractivity contribution in [1.82, 2.24) is 0 Å². The average molecular weight is 543 g/mol. The van der Waals surface area contributed by atoms with Gasteiger partial charge in [0.25, 0.3) is 5.91 Å². The van der Waals surface area contributed by atoms with Gasteiger partial charge in [-0.15, -0.1) is 11.8 Å². The molecule has 1 heterocycles. The SMILES string of the molecule is COc1ccccc1N1C(=O)CSC1c1ccc(C(=O)N(CCc2ccc(Cl)cc2)c2ccccc2)cc1. The van der Waals surface area contributed by atoms with Crippen molar-refractivity contribution in [2.24, 2.45) is 0 Å². The number of rotatable bonds is 8. The summed E-state index contributed by atoms with van der Waals surface area (Å²) < 4.78 is 5.51. The summed E-state index contributed by atoms with van der Waals surface area (Å²) >= 11 is 7.60. The summed E-state index contributed by atoms with van der Waals surface area (Å²) in [5.74, 6) is 0.991. The molecule has 1 atom stereocenters. The fourth-order valence-electron chi connectivity index (χ4n) is 4.55. The first-order valence-corrected chi connectivity index (χ1v) is 13.8. The first kappa shape index (κ1) is 25.9. The second-order valence-electron chi connectivity index (χ2n) is 8.89. The van der Waals surface area contributed by atoms with E-state index in [9.17, 15) is 9.59 Å². The van der Waals surface area contributed by atoms with Crippen molar-refractivity contribution >= 4 is 46.6 Å². The largest absolute Gasteiger partial charge is 0.495 e. The van der Waals surface area contributed by atoms with Crippen LogP contribution in [0, 0.1) is 0 Å². The number of benzene rings is 4. The van der Waals surface area contributed by atoms with Crippen LogP contribution in [0.5, 0.6) is 5.75 Å². The molecular formula is C31H27ClN2O3S. The monoisotopic (exact) mass is 542 g/mol. The number of amides is 2. The predicted molar refractivity (Wildman–Crippen MR) is 155 cm³/mol. The Hall–Kier alpha value is -3.74. The molecular weight excluding hydrogens is 516 g/mol. The van der Waals surface area contributed by atoms with Crippen molar-refractivity contribution in [2.75, 3.05) is 29.2 Å². The predicted octanol–water partition coefficient (Wildman–Crippen LogP) is 7.02. The Morgan fingerprint density at radius 1 is 0.947 bits per heavy atom. The minimum Gasteiger partial charge on any atom is -0.495 e. The third-order valence-corrected chi connectivity index (χ3v) is 7.97. The number of carbonyl (C=O) groups is 2. The molecule has 1 saturated heterocycles. The van der Waals surface area contributed by atoms with E-state index in [0.717, 1.165) is 22.5 Å². The zero-order valence-corrected chi connectivity index (χ0v) is 22.5. The van der Waals surface area contributed by atoms with Crippen molar-refractivity contribution in [3.05, 3.63) is 125 Å². The van der Waals surface area contributed by atoms with E-state index in [1.165, 1.54) is 0 Å². The van der Waals surface area contributed by atoms with Crippen LogP contribution in [0.3, 0.4) is 0 Å². The van der Waals surface area contributed by atoms with Gasteiger partial charge in [0.15, 0.2) is 0 Å². The van der Waals surface area contributed by atoms with Crippen LogP contribution < -0.4 is 14.5 Å². The number of methoxy groups -OCH3 is 1. The van der Waals surface area contributed by atoms with Gasteiger partial charge in [-0.3, -0.25) is 14.5 Å². The standard InChI is InChI=1S/C31H27ClN2O3S/c1-37-28-10-6-5-9-27(28)34-29(35)21-38-31(34)24-15-13-23(14-16-24)30(36)33(26-7-3-2-4-8-26)20-19-22-11-17-25(32)18-12-22/h2-18,31H,19-21H2,1H3. The maximum absolute atomic E-state index is 13.7.